The molecule has 0 bridgehead atoms. The van der Waals surface area contributed by atoms with Crippen molar-refractivity contribution in [3.8, 4) is 0 Å². The number of amides is 1. The van der Waals surface area contributed by atoms with Crippen LogP contribution in [0.4, 0.5) is 4.79 Å². The highest BCUT2D eigenvalue weighted by molar-refractivity contribution is 5.76. The molecule has 5 nitrogen and oxygen atoms in total. The molecule has 1 aliphatic heterocycles. The van der Waals surface area contributed by atoms with Crippen molar-refractivity contribution in [2.24, 2.45) is 5.92 Å². The average Bonchev–Trinajstić information content (AvgIpc) is 3.13. The highest BCUT2D eigenvalue weighted by atomic mass is 16.6. The molecule has 4 atom stereocenters. The van der Waals surface area contributed by atoms with E-state index in [1.807, 2.05) is 67.6 Å². The van der Waals surface area contributed by atoms with Crippen LogP contribution in [0.3, 0.4) is 0 Å². The van der Waals surface area contributed by atoms with Gasteiger partial charge in [0.05, 0.1) is 6.04 Å². The predicted octanol–water partition coefficient (Wildman–Crippen LogP) is 5.90. The fourth-order valence-corrected chi connectivity index (χ4v) is 4.29. The number of rotatable bonds is 9. The van der Waals surface area contributed by atoms with E-state index in [0.717, 1.165) is 30.4 Å². The topological polar surface area (TPSA) is 55.8 Å². The molecule has 2 aromatic carbocycles. The molecule has 0 radical (unpaired) electrons. The van der Waals surface area contributed by atoms with Crippen LogP contribution in [-0.4, -0.2) is 29.0 Å². The lowest BCUT2D eigenvalue weighted by molar-refractivity contribution is -0.120. The minimum Gasteiger partial charge on any atom is -0.444 e. The molecule has 3 rings (SSSR count). The summed E-state index contributed by atoms with van der Waals surface area (Å²) in [5, 5.41) is 0. The largest absolute Gasteiger partial charge is 0.444 e. The normalized spacial score (nSPS) is 21.6. The Kier molecular flexibility index (Phi) is 8.24. The van der Waals surface area contributed by atoms with Crippen LogP contribution in [0.5, 0.6) is 0 Å². The first-order valence-electron chi connectivity index (χ1n) is 11.2. The number of carbonyl (C=O) groups excluding carboxylic acids is 2. The van der Waals surface area contributed by atoms with Crippen molar-refractivity contribution in [3.05, 3.63) is 71.8 Å². The second kappa shape index (κ2) is 11.1. The Morgan fingerprint density at radius 3 is 2.32 bits per heavy atom. The van der Waals surface area contributed by atoms with Crippen LogP contribution >= 0.6 is 0 Å². The molecule has 0 aromatic heterocycles. The third-order valence-electron chi connectivity index (χ3n) is 5.86. The van der Waals surface area contributed by atoms with E-state index in [1.54, 1.807) is 11.8 Å². The Labute approximate surface area is 185 Å². The van der Waals surface area contributed by atoms with E-state index in [1.165, 1.54) is 0 Å². The summed E-state index contributed by atoms with van der Waals surface area (Å²) in [7, 11) is 0. The monoisotopic (exact) mass is 423 g/mol. The van der Waals surface area contributed by atoms with Gasteiger partial charge in [-0.2, -0.15) is 0 Å². The van der Waals surface area contributed by atoms with Gasteiger partial charge in [0.1, 0.15) is 24.7 Å². The summed E-state index contributed by atoms with van der Waals surface area (Å²) in [4.78, 5) is 26.9. The van der Waals surface area contributed by atoms with Crippen LogP contribution in [0, 0.1) is 5.92 Å². The Morgan fingerprint density at radius 2 is 1.71 bits per heavy atom. The van der Waals surface area contributed by atoms with Crippen molar-refractivity contribution in [2.75, 3.05) is 0 Å². The number of hydrogen-bond acceptors (Lipinski definition) is 4. The van der Waals surface area contributed by atoms with Crippen LogP contribution in [0.1, 0.15) is 63.7 Å². The number of carbonyl (C=O) groups is 2. The van der Waals surface area contributed by atoms with Gasteiger partial charge in [-0.1, -0.05) is 80.4 Å². The molecule has 1 heterocycles. The van der Waals surface area contributed by atoms with E-state index in [-0.39, 0.29) is 30.5 Å². The Hall–Kier alpha value is -2.66. The quantitative estimate of drug-likeness (QED) is 0.504. The molecule has 1 amide bonds. The number of ether oxygens (including phenoxy) is 2. The molecule has 1 unspecified atom stereocenters. The summed E-state index contributed by atoms with van der Waals surface area (Å²) in [6, 6.07) is 19.4. The fraction of sp³-hybridized carbons (Fsp3) is 0.462. The molecule has 1 aliphatic rings. The van der Waals surface area contributed by atoms with Gasteiger partial charge >= 0.3 is 6.09 Å². The first-order chi connectivity index (χ1) is 15.0. The summed E-state index contributed by atoms with van der Waals surface area (Å²) in [5.74, 6) is 0.0519. The van der Waals surface area contributed by atoms with Crippen LogP contribution in [-0.2, 0) is 20.9 Å². The van der Waals surface area contributed by atoms with Crippen LogP contribution < -0.4 is 0 Å². The summed E-state index contributed by atoms with van der Waals surface area (Å²) in [6.45, 7) is 5.93. The lowest BCUT2D eigenvalue weighted by Gasteiger charge is -2.31. The van der Waals surface area contributed by atoms with Gasteiger partial charge in [-0.15, -0.1) is 0 Å². The zero-order valence-corrected chi connectivity index (χ0v) is 18.7. The second-order valence-electron chi connectivity index (χ2n) is 8.35. The smallest absolute Gasteiger partial charge is 0.412 e. The molecule has 31 heavy (non-hydrogen) atoms. The summed E-state index contributed by atoms with van der Waals surface area (Å²) < 4.78 is 12.2. The number of ketones is 1. The SMILES string of the molecule is CCCC[C@@H](CC(C)=O)C1O[C@H](c2ccccc2)[C@H](C)N1C(=O)OCc1ccccc1. The summed E-state index contributed by atoms with van der Waals surface area (Å²) in [5.41, 5.74) is 1.96. The molecule has 0 spiro atoms. The molecular weight excluding hydrogens is 390 g/mol. The van der Waals surface area contributed by atoms with Crippen molar-refractivity contribution in [2.45, 2.75) is 71.4 Å². The zero-order valence-electron chi connectivity index (χ0n) is 18.7. The first kappa shape index (κ1) is 23.0. The van der Waals surface area contributed by atoms with E-state index in [0.29, 0.717) is 6.42 Å². The van der Waals surface area contributed by atoms with Crippen molar-refractivity contribution < 1.29 is 19.1 Å². The Balaban J connectivity index is 1.84. The first-order valence-corrected chi connectivity index (χ1v) is 11.2. The van der Waals surface area contributed by atoms with Gasteiger partial charge in [-0.05, 0) is 31.4 Å². The van der Waals surface area contributed by atoms with Crippen molar-refractivity contribution >= 4 is 11.9 Å². The van der Waals surface area contributed by atoms with E-state index in [9.17, 15) is 9.59 Å². The van der Waals surface area contributed by atoms with Crippen molar-refractivity contribution in [3.63, 3.8) is 0 Å². The molecule has 0 aliphatic carbocycles. The van der Waals surface area contributed by atoms with Gasteiger partial charge in [-0.25, -0.2) is 4.79 Å². The number of Topliss-reactive ketones (excluding diaryl/α,β-unsaturated/α-hetero) is 1. The van der Waals surface area contributed by atoms with Crippen LogP contribution in [0.2, 0.25) is 0 Å². The number of unbranched alkanes of at least 4 members (excludes halogenated alkanes) is 1. The third kappa shape index (κ3) is 5.95. The van der Waals surface area contributed by atoms with Crippen molar-refractivity contribution in [1.82, 2.24) is 4.90 Å². The molecule has 2 aromatic rings. The molecular formula is C26H33NO4. The van der Waals surface area contributed by atoms with E-state index < -0.39 is 12.3 Å². The van der Waals surface area contributed by atoms with Crippen LogP contribution in [0.15, 0.2) is 60.7 Å². The average molecular weight is 424 g/mol. The number of hydrogen-bond donors (Lipinski definition) is 0. The highest BCUT2D eigenvalue weighted by Crippen LogP contribution is 2.40. The molecule has 0 N–H and O–H groups in total. The zero-order chi connectivity index (χ0) is 22.2. The lowest BCUT2D eigenvalue weighted by atomic mass is 9.94. The van der Waals surface area contributed by atoms with Gasteiger partial charge in [-0.3, -0.25) is 4.90 Å². The van der Waals surface area contributed by atoms with E-state index in [2.05, 4.69) is 6.92 Å². The van der Waals surface area contributed by atoms with Crippen LogP contribution in [0.25, 0.3) is 0 Å². The van der Waals surface area contributed by atoms with Crippen molar-refractivity contribution in [1.29, 1.82) is 0 Å². The predicted molar refractivity (Wildman–Crippen MR) is 120 cm³/mol. The second-order valence-corrected chi connectivity index (χ2v) is 8.35. The van der Waals surface area contributed by atoms with Gasteiger partial charge < -0.3 is 14.3 Å². The lowest BCUT2D eigenvalue weighted by Crippen LogP contribution is -2.45. The molecule has 166 valence electrons. The maximum atomic E-state index is 13.2. The molecule has 0 saturated carbocycles. The number of nitrogens with zero attached hydrogens (tertiary/aromatic N) is 1. The fourth-order valence-electron chi connectivity index (χ4n) is 4.29. The van der Waals surface area contributed by atoms with E-state index in [4.69, 9.17) is 9.47 Å². The molecule has 1 saturated heterocycles. The molecule has 5 heteroatoms. The minimum absolute atomic E-state index is 0.0575. The Morgan fingerprint density at radius 1 is 1.06 bits per heavy atom. The summed E-state index contributed by atoms with van der Waals surface area (Å²) >= 11 is 0. The minimum atomic E-state index is -0.487. The van der Waals surface area contributed by atoms with Gasteiger partial charge in [0, 0.05) is 12.3 Å². The third-order valence-corrected chi connectivity index (χ3v) is 5.86. The number of benzene rings is 2. The molecule has 1 fully saturated rings. The van der Waals surface area contributed by atoms with Gasteiger partial charge in [0.25, 0.3) is 0 Å². The van der Waals surface area contributed by atoms with Gasteiger partial charge in [0.15, 0.2) is 0 Å². The maximum absolute atomic E-state index is 13.2. The van der Waals surface area contributed by atoms with Gasteiger partial charge in [0.2, 0.25) is 0 Å². The summed E-state index contributed by atoms with van der Waals surface area (Å²) in [6.07, 6.45) is 2.08. The van der Waals surface area contributed by atoms with E-state index >= 15 is 0 Å². The standard InChI is InChI=1S/C26H33NO4/c1-4-5-14-23(17-19(2)28)25-27(26(29)30-18-21-12-8-6-9-13-21)20(3)24(31-25)22-15-10-7-11-16-22/h6-13,15-16,20,23-25H,4-5,14,17-18H2,1-3H3/t20-,23-,24-,25?/m0/s1. The maximum Gasteiger partial charge on any atom is 0.412 e. The Bertz CT molecular complexity index is 839. The highest BCUT2D eigenvalue weighted by Gasteiger charge is 2.47.